The third kappa shape index (κ3) is 5.96. The summed E-state index contributed by atoms with van der Waals surface area (Å²) in [6.07, 6.45) is 0.0123. The van der Waals surface area contributed by atoms with Crippen LogP contribution in [0.5, 0.6) is 0 Å². The van der Waals surface area contributed by atoms with Crippen molar-refractivity contribution < 1.29 is 19.1 Å². The van der Waals surface area contributed by atoms with E-state index in [1.165, 1.54) is 0 Å². The van der Waals surface area contributed by atoms with Gasteiger partial charge < -0.3 is 15.0 Å². The van der Waals surface area contributed by atoms with E-state index in [0.717, 1.165) is 5.56 Å². The van der Waals surface area contributed by atoms with E-state index in [2.05, 4.69) is 5.32 Å². The highest BCUT2D eigenvalue weighted by Crippen LogP contribution is 2.18. The molecule has 6 nitrogen and oxygen atoms in total. The summed E-state index contributed by atoms with van der Waals surface area (Å²) in [5, 5.41) is 3.41. The Labute approximate surface area is 209 Å². The number of halogens is 1. The van der Waals surface area contributed by atoms with Gasteiger partial charge in [0.05, 0.1) is 17.8 Å². The Kier molecular flexibility index (Phi) is 7.63. The number of rotatable bonds is 6. The van der Waals surface area contributed by atoms with E-state index in [1.807, 2.05) is 30.9 Å². The molecule has 1 aliphatic rings. The van der Waals surface area contributed by atoms with Crippen molar-refractivity contribution in [2.45, 2.75) is 32.6 Å². The number of ketones is 1. The first-order valence-corrected chi connectivity index (χ1v) is 11.9. The van der Waals surface area contributed by atoms with E-state index >= 15 is 0 Å². The van der Waals surface area contributed by atoms with Crippen molar-refractivity contribution in [1.82, 2.24) is 10.2 Å². The number of amides is 2. The van der Waals surface area contributed by atoms with Gasteiger partial charge in [0, 0.05) is 41.3 Å². The lowest BCUT2D eigenvalue weighted by Crippen LogP contribution is -2.48. The van der Waals surface area contributed by atoms with E-state index in [9.17, 15) is 14.4 Å². The summed E-state index contributed by atoms with van der Waals surface area (Å²) in [5.41, 5.74) is 2.52. The molecule has 1 N–H and O–H groups in total. The first-order valence-electron chi connectivity index (χ1n) is 11.5. The van der Waals surface area contributed by atoms with Crippen LogP contribution in [0.1, 0.15) is 56.0 Å². The number of morpholine rings is 1. The van der Waals surface area contributed by atoms with Crippen molar-refractivity contribution >= 4 is 29.2 Å². The largest absolute Gasteiger partial charge is 0.372 e. The standard InChI is InChI=1S/C28H27ClN2O4/c1-18-16-31(17-19(2)35-18)28(34)22-9-7-20(8-10-22)15-30-27(33)25-6-4-3-5-24(25)26(32)21-11-13-23(29)14-12-21/h3-14,18-19H,15-17H2,1-2H3,(H,30,33). The van der Waals surface area contributed by atoms with Gasteiger partial charge in [-0.1, -0.05) is 41.9 Å². The Morgan fingerprint density at radius 2 is 1.43 bits per heavy atom. The van der Waals surface area contributed by atoms with Crippen molar-refractivity contribution in [2.75, 3.05) is 13.1 Å². The summed E-state index contributed by atoms with van der Waals surface area (Å²) in [7, 11) is 0. The minimum absolute atomic E-state index is 0.00614. The van der Waals surface area contributed by atoms with Crippen molar-refractivity contribution in [3.63, 3.8) is 0 Å². The summed E-state index contributed by atoms with van der Waals surface area (Å²) < 4.78 is 5.70. The maximum Gasteiger partial charge on any atom is 0.254 e. The van der Waals surface area contributed by atoms with E-state index in [0.29, 0.717) is 40.4 Å². The van der Waals surface area contributed by atoms with Crippen molar-refractivity contribution in [2.24, 2.45) is 0 Å². The number of carbonyl (C=O) groups excluding carboxylic acids is 3. The minimum atomic E-state index is -0.348. The maximum atomic E-state index is 13.0. The van der Waals surface area contributed by atoms with Gasteiger partial charge in [-0.05, 0) is 61.9 Å². The van der Waals surface area contributed by atoms with Crippen LogP contribution < -0.4 is 5.32 Å². The quantitative estimate of drug-likeness (QED) is 0.506. The number of hydrogen-bond donors (Lipinski definition) is 1. The van der Waals surface area contributed by atoms with E-state index < -0.39 is 0 Å². The molecule has 1 heterocycles. The molecule has 0 aromatic heterocycles. The topological polar surface area (TPSA) is 75.7 Å². The van der Waals surface area contributed by atoms with Crippen molar-refractivity contribution in [3.05, 3.63) is 106 Å². The molecule has 2 amide bonds. The Morgan fingerprint density at radius 1 is 0.857 bits per heavy atom. The third-order valence-electron chi connectivity index (χ3n) is 5.88. The summed E-state index contributed by atoms with van der Waals surface area (Å²) in [6, 6.07) is 20.5. The molecule has 2 atom stereocenters. The average Bonchev–Trinajstić information content (AvgIpc) is 2.86. The second kappa shape index (κ2) is 10.8. The van der Waals surface area contributed by atoms with Crippen LogP contribution in [0.4, 0.5) is 0 Å². The van der Waals surface area contributed by atoms with Gasteiger partial charge in [0.2, 0.25) is 0 Å². The molecule has 180 valence electrons. The first kappa shape index (κ1) is 24.6. The number of benzene rings is 3. The van der Waals surface area contributed by atoms with Crippen molar-refractivity contribution in [3.8, 4) is 0 Å². The zero-order chi connectivity index (χ0) is 24.9. The second-order valence-electron chi connectivity index (χ2n) is 8.73. The molecule has 3 aromatic rings. The lowest BCUT2D eigenvalue weighted by Gasteiger charge is -2.35. The summed E-state index contributed by atoms with van der Waals surface area (Å²) in [6.45, 7) is 5.32. The monoisotopic (exact) mass is 490 g/mol. The molecule has 1 saturated heterocycles. The first-order chi connectivity index (χ1) is 16.8. The van der Waals surface area contributed by atoms with Gasteiger partial charge in [-0.15, -0.1) is 0 Å². The van der Waals surface area contributed by atoms with Crippen LogP contribution in [0.2, 0.25) is 5.02 Å². The molecule has 1 fully saturated rings. The van der Waals surface area contributed by atoms with E-state index in [1.54, 1.807) is 60.7 Å². The van der Waals surface area contributed by atoms with Gasteiger partial charge in [0.1, 0.15) is 0 Å². The molecule has 0 aliphatic carbocycles. The number of nitrogens with zero attached hydrogens (tertiary/aromatic N) is 1. The van der Waals surface area contributed by atoms with Crippen molar-refractivity contribution in [1.29, 1.82) is 0 Å². The van der Waals surface area contributed by atoms with Crippen LogP contribution in [0.15, 0.2) is 72.8 Å². The minimum Gasteiger partial charge on any atom is -0.372 e. The maximum absolute atomic E-state index is 13.0. The molecule has 0 spiro atoms. The van der Waals surface area contributed by atoms with Crippen LogP contribution in [-0.2, 0) is 11.3 Å². The van der Waals surface area contributed by atoms with Gasteiger partial charge in [-0.3, -0.25) is 14.4 Å². The summed E-state index contributed by atoms with van der Waals surface area (Å²) in [5.74, 6) is -0.626. The number of ether oxygens (including phenoxy) is 1. The molecular weight excluding hydrogens is 464 g/mol. The van der Waals surface area contributed by atoms with Crippen LogP contribution in [0.25, 0.3) is 0 Å². The van der Waals surface area contributed by atoms with Gasteiger partial charge in [-0.25, -0.2) is 0 Å². The van der Waals surface area contributed by atoms with Gasteiger partial charge in [-0.2, -0.15) is 0 Å². The highest BCUT2D eigenvalue weighted by atomic mass is 35.5. The Hall–Kier alpha value is -3.48. The molecular formula is C28H27ClN2O4. The van der Waals surface area contributed by atoms with E-state index in [4.69, 9.17) is 16.3 Å². The number of nitrogens with one attached hydrogen (secondary N) is 1. The summed E-state index contributed by atoms with van der Waals surface area (Å²) >= 11 is 5.92. The molecule has 4 rings (SSSR count). The second-order valence-corrected chi connectivity index (χ2v) is 9.17. The molecule has 0 saturated carbocycles. The summed E-state index contributed by atoms with van der Waals surface area (Å²) in [4.78, 5) is 40.5. The lowest BCUT2D eigenvalue weighted by atomic mass is 9.98. The molecule has 35 heavy (non-hydrogen) atoms. The van der Waals surface area contributed by atoms with Gasteiger partial charge in [0.15, 0.2) is 5.78 Å². The highest BCUT2D eigenvalue weighted by Gasteiger charge is 2.26. The molecule has 1 aliphatic heterocycles. The van der Waals surface area contributed by atoms with Gasteiger partial charge >= 0.3 is 0 Å². The Bertz CT molecular complexity index is 1210. The predicted octanol–water partition coefficient (Wildman–Crippen LogP) is 4.75. The smallest absolute Gasteiger partial charge is 0.254 e. The van der Waals surface area contributed by atoms with Crippen LogP contribution in [0, 0.1) is 0 Å². The van der Waals surface area contributed by atoms with Crippen LogP contribution in [-0.4, -0.2) is 47.8 Å². The highest BCUT2D eigenvalue weighted by molar-refractivity contribution is 6.30. The molecule has 0 bridgehead atoms. The number of carbonyl (C=O) groups is 3. The Balaban J connectivity index is 1.41. The number of hydrogen-bond acceptors (Lipinski definition) is 4. The normalized spacial score (nSPS) is 17.6. The third-order valence-corrected chi connectivity index (χ3v) is 6.14. The van der Waals surface area contributed by atoms with Crippen LogP contribution >= 0.6 is 11.6 Å². The van der Waals surface area contributed by atoms with E-state index in [-0.39, 0.29) is 36.4 Å². The molecule has 3 aromatic carbocycles. The fourth-order valence-corrected chi connectivity index (χ4v) is 4.33. The average molecular weight is 491 g/mol. The zero-order valence-corrected chi connectivity index (χ0v) is 20.4. The zero-order valence-electron chi connectivity index (χ0n) is 19.7. The lowest BCUT2D eigenvalue weighted by molar-refractivity contribution is -0.0586. The molecule has 0 radical (unpaired) electrons. The fraction of sp³-hybridized carbons (Fsp3) is 0.250. The fourth-order valence-electron chi connectivity index (χ4n) is 4.20. The van der Waals surface area contributed by atoms with Gasteiger partial charge in [0.25, 0.3) is 11.8 Å². The SMILES string of the molecule is CC1CN(C(=O)c2ccc(CNC(=O)c3ccccc3C(=O)c3ccc(Cl)cc3)cc2)CC(C)O1. The predicted molar refractivity (Wildman–Crippen MR) is 135 cm³/mol. The molecule has 2 unspecified atom stereocenters. The Morgan fingerprint density at radius 3 is 2.06 bits per heavy atom. The molecule has 7 heteroatoms. The van der Waals surface area contributed by atoms with Crippen LogP contribution in [0.3, 0.4) is 0 Å².